The van der Waals surface area contributed by atoms with E-state index in [-0.39, 0.29) is 23.0 Å². The van der Waals surface area contributed by atoms with Gasteiger partial charge in [-0.3, -0.25) is 0 Å². The van der Waals surface area contributed by atoms with E-state index in [1.54, 1.807) is 0 Å². The molecule has 30 heavy (non-hydrogen) atoms. The van der Waals surface area contributed by atoms with Gasteiger partial charge in [0.25, 0.3) is 0 Å². The molecule has 0 aromatic carbocycles. The molecule has 172 valence electrons. The van der Waals surface area contributed by atoms with Crippen LogP contribution >= 0.6 is 0 Å². The van der Waals surface area contributed by atoms with E-state index >= 15 is 0 Å². The highest BCUT2D eigenvalue weighted by Crippen LogP contribution is 2.67. The quantitative estimate of drug-likeness (QED) is 0.511. The fourth-order valence-corrected chi connectivity index (χ4v) is 8.79. The van der Waals surface area contributed by atoms with Crippen molar-refractivity contribution in [3.63, 3.8) is 0 Å². The lowest BCUT2D eigenvalue weighted by Crippen LogP contribution is -2.56. The molecule has 9 atom stereocenters. The van der Waals surface area contributed by atoms with Gasteiger partial charge in [0.2, 0.25) is 0 Å². The smallest absolute Gasteiger partial charge is 0.0585 e. The molecule has 2 unspecified atom stereocenters. The van der Waals surface area contributed by atoms with Crippen molar-refractivity contribution in [3.05, 3.63) is 11.6 Å². The Balaban J connectivity index is 1.56. The van der Waals surface area contributed by atoms with Crippen molar-refractivity contribution in [3.8, 4) is 0 Å². The summed E-state index contributed by atoms with van der Waals surface area (Å²) >= 11 is 0. The van der Waals surface area contributed by atoms with Crippen molar-refractivity contribution >= 4 is 0 Å². The molecule has 0 heterocycles. The Morgan fingerprint density at radius 2 is 1.87 bits per heavy atom. The van der Waals surface area contributed by atoms with Crippen molar-refractivity contribution in [2.75, 3.05) is 6.61 Å². The zero-order valence-corrected chi connectivity index (χ0v) is 19.8. The van der Waals surface area contributed by atoms with Crippen LogP contribution in [0.25, 0.3) is 0 Å². The summed E-state index contributed by atoms with van der Waals surface area (Å²) in [5, 5.41) is 32.1. The summed E-state index contributed by atoms with van der Waals surface area (Å²) in [6, 6.07) is 0. The van der Waals surface area contributed by atoms with E-state index in [0.717, 1.165) is 44.4 Å². The van der Waals surface area contributed by atoms with Gasteiger partial charge in [-0.15, -0.1) is 0 Å². The second-order valence-electron chi connectivity index (χ2n) is 12.3. The Morgan fingerprint density at radius 3 is 2.57 bits per heavy atom. The van der Waals surface area contributed by atoms with Gasteiger partial charge < -0.3 is 15.3 Å². The summed E-state index contributed by atoms with van der Waals surface area (Å²) in [4.78, 5) is 0. The standard InChI is InChI=1S/C27H46O3/c1-17(2)6-5-7-18(16-28)22-10-11-23-21-9-8-19-14-20(29)12-13-26(19,3)25(21)24(30)15-27(22,23)4/h8,17-18,20-25,28-30H,5-7,9-16H2,1-4H3/t18-,20?,21-,22+,23-,24?,25+,26-,27+/m0/s1. The number of allylic oxidation sites excluding steroid dienone is 1. The molecule has 0 spiro atoms. The first-order chi connectivity index (χ1) is 14.2. The lowest BCUT2D eigenvalue weighted by Gasteiger charge is -2.60. The summed E-state index contributed by atoms with van der Waals surface area (Å²) in [6.07, 6.45) is 12.7. The summed E-state index contributed by atoms with van der Waals surface area (Å²) < 4.78 is 0. The molecule has 4 aliphatic rings. The van der Waals surface area contributed by atoms with Crippen LogP contribution in [-0.2, 0) is 0 Å². The Hall–Kier alpha value is -0.380. The zero-order chi connectivity index (χ0) is 21.7. The summed E-state index contributed by atoms with van der Waals surface area (Å²) in [7, 11) is 0. The number of aliphatic hydroxyl groups excluding tert-OH is 3. The fraction of sp³-hybridized carbons (Fsp3) is 0.926. The number of fused-ring (bicyclic) bond motifs is 5. The van der Waals surface area contributed by atoms with Crippen LogP contribution in [0.4, 0.5) is 0 Å². The van der Waals surface area contributed by atoms with Gasteiger partial charge >= 0.3 is 0 Å². The second-order valence-corrected chi connectivity index (χ2v) is 12.3. The van der Waals surface area contributed by atoms with Crippen molar-refractivity contribution < 1.29 is 15.3 Å². The normalized spacial score (nSPS) is 46.7. The van der Waals surface area contributed by atoms with Crippen molar-refractivity contribution in [1.29, 1.82) is 0 Å². The van der Waals surface area contributed by atoms with Crippen LogP contribution in [0.2, 0.25) is 0 Å². The molecule has 4 aliphatic carbocycles. The van der Waals surface area contributed by atoms with Crippen LogP contribution in [-0.4, -0.2) is 34.1 Å². The minimum Gasteiger partial charge on any atom is -0.396 e. The number of aliphatic hydroxyl groups is 3. The molecule has 0 saturated heterocycles. The Morgan fingerprint density at radius 1 is 1.10 bits per heavy atom. The van der Waals surface area contributed by atoms with E-state index in [1.807, 2.05) is 0 Å². The SMILES string of the molecule is CC(C)CCC[C@@H](CO)[C@H]1CC[C@H]2[C@@H]3CC=C4CC(O)CC[C@]4(C)[C@H]3C(O)C[C@]12C. The van der Waals surface area contributed by atoms with E-state index in [0.29, 0.717) is 36.2 Å². The third-order valence-electron chi connectivity index (χ3n) is 10.2. The molecule has 0 amide bonds. The zero-order valence-electron chi connectivity index (χ0n) is 19.8. The molecular weight excluding hydrogens is 372 g/mol. The van der Waals surface area contributed by atoms with Gasteiger partial charge in [-0.25, -0.2) is 0 Å². The van der Waals surface area contributed by atoms with Gasteiger partial charge in [-0.1, -0.05) is 52.2 Å². The van der Waals surface area contributed by atoms with E-state index in [4.69, 9.17) is 0 Å². The maximum absolute atomic E-state index is 11.6. The highest BCUT2D eigenvalue weighted by Gasteiger charge is 2.62. The number of hydrogen-bond donors (Lipinski definition) is 3. The Bertz CT molecular complexity index is 642. The van der Waals surface area contributed by atoms with Crippen LogP contribution in [0.1, 0.15) is 91.9 Å². The van der Waals surface area contributed by atoms with Crippen LogP contribution < -0.4 is 0 Å². The topological polar surface area (TPSA) is 60.7 Å². The number of hydrogen-bond acceptors (Lipinski definition) is 3. The molecule has 4 rings (SSSR count). The highest BCUT2D eigenvalue weighted by atomic mass is 16.3. The number of rotatable bonds is 6. The molecule has 3 nitrogen and oxygen atoms in total. The van der Waals surface area contributed by atoms with Gasteiger partial charge in [-0.05, 0) is 97.7 Å². The Kier molecular flexibility index (Phi) is 6.48. The third-order valence-corrected chi connectivity index (χ3v) is 10.2. The maximum Gasteiger partial charge on any atom is 0.0585 e. The largest absolute Gasteiger partial charge is 0.396 e. The van der Waals surface area contributed by atoms with Crippen molar-refractivity contribution in [2.24, 2.45) is 46.3 Å². The Labute approximate surface area is 184 Å². The van der Waals surface area contributed by atoms with Crippen LogP contribution in [0.3, 0.4) is 0 Å². The van der Waals surface area contributed by atoms with E-state index in [9.17, 15) is 15.3 Å². The summed E-state index contributed by atoms with van der Waals surface area (Å²) in [6.45, 7) is 9.70. The van der Waals surface area contributed by atoms with E-state index in [2.05, 4.69) is 33.8 Å². The van der Waals surface area contributed by atoms with Crippen molar-refractivity contribution in [1.82, 2.24) is 0 Å². The lowest BCUT2D eigenvalue weighted by atomic mass is 9.46. The van der Waals surface area contributed by atoms with Crippen molar-refractivity contribution in [2.45, 2.75) is 104 Å². The van der Waals surface area contributed by atoms with Crippen LogP contribution in [0.5, 0.6) is 0 Å². The first-order valence-corrected chi connectivity index (χ1v) is 12.9. The second kappa shape index (κ2) is 8.52. The van der Waals surface area contributed by atoms with Crippen LogP contribution in [0.15, 0.2) is 11.6 Å². The maximum atomic E-state index is 11.6. The molecule has 0 aromatic rings. The first kappa shape index (κ1) is 22.8. The summed E-state index contributed by atoms with van der Waals surface area (Å²) in [5.74, 6) is 3.22. The van der Waals surface area contributed by atoms with Gasteiger partial charge in [0.15, 0.2) is 0 Å². The molecular formula is C27H46O3. The minimum absolute atomic E-state index is 0.0641. The molecule has 0 aromatic heterocycles. The monoisotopic (exact) mass is 418 g/mol. The molecule has 3 fully saturated rings. The lowest BCUT2D eigenvalue weighted by molar-refractivity contribution is -0.131. The average Bonchev–Trinajstić information content (AvgIpc) is 3.02. The molecule has 3 heteroatoms. The average molecular weight is 419 g/mol. The van der Waals surface area contributed by atoms with Gasteiger partial charge in [0.05, 0.1) is 12.2 Å². The minimum atomic E-state index is -0.254. The third kappa shape index (κ3) is 3.71. The molecule has 3 saturated carbocycles. The van der Waals surface area contributed by atoms with Gasteiger partial charge in [0, 0.05) is 6.61 Å². The molecule has 0 radical (unpaired) electrons. The first-order valence-electron chi connectivity index (χ1n) is 12.9. The highest BCUT2D eigenvalue weighted by molar-refractivity contribution is 5.26. The van der Waals surface area contributed by atoms with E-state index in [1.165, 1.54) is 31.3 Å². The van der Waals surface area contributed by atoms with Crippen LogP contribution in [0, 0.1) is 46.3 Å². The molecule has 0 aliphatic heterocycles. The van der Waals surface area contributed by atoms with Gasteiger partial charge in [-0.2, -0.15) is 0 Å². The predicted molar refractivity (Wildman–Crippen MR) is 122 cm³/mol. The predicted octanol–water partition coefficient (Wildman–Crippen LogP) is 5.33. The van der Waals surface area contributed by atoms with E-state index < -0.39 is 0 Å². The summed E-state index contributed by atoms with van der Waals surface area (Å²) in [5.41, 5.74) is 1.64. The molecule has 3 N–H and O–H groups in total. The molecule has 0 bridgehead atoms. The van der Waals surface area contributed by atoms with Gasteiger partial charge in [0.1, 0.15) is 0 Å². The fourth-order valence-electron chi connectivity index (χ4n) is 8.79.